The number of rotatable bonds is 4. The average Bonchev–Trinajstić information content (AvgIpc) is 2.86. The summed E-state index contributed by atoms with van der Waals surface area (Å²) in [5.74, 6) is 1.81. The summed E-state index contributed by atoms with van der Waals surface area (Å²) >= 11 is 3.46. The van der Waals surface area contributed by atoms with Crippen LogP contribution in [0.2, 0.25) is 0 Å². The maximum atomic E-state index is 5.81. The number of fused-ring (bicyclic) bond motifs is 1. The van der Waals surface area contributed by atoms with Gasteiger partial charge in [0.15, 0.2) is 0 Å². The second-order valence-electron chi connectivity index (χ2n) is 5.50. The van der Waals surface area contributed by atoms with Crippen molar-refractivity contribution < 1.29 is 4.74 Å². The first kappa shape index (κ1) is 16.1. The molecular weight excluding hydrogens is 340 g/mol. The van der Waals surface area contributed by atoms with Gasteiger partial charge in [0.1, 0.15) is 12.4 Å². The lowest BCUT2D eigenvalue weighted by atomic mass is 9.93. The summed E-state index contributed by atoms with van der Waals surface area (Å²) in [4.78, 5) is 2.55. The molecule has 0 spiro atoms. The van der Waals surface area contributed by atoms with Crippen molar-refractivity contribution in [1.82, 2.24) is 10.2 Å². The Balaban J connectivity index is 0.00000147. The smallest absolute Gasteiger partial charge is 0.120 e. The first-order valence-corrected chi connectivity index (χ1v) is 7.95. The molecule has 0 radical (unpaired) electrons. The minimum Gasteiger partial charge on any atom is -0.492 e. The zero-order valence-corrected chi connectivity index (χ0v) is 14.0. The molecule has 2 aliphatic rings. The predicted molar refractivity (Wildman–Crippen MR) is 87.8 cm³/mol. The Labute approximate surface area is 135 Å². The van der Waals surface area contributed by atoms with Crippen LogP contribution in [-0.2, 0) is 0 Å². The van der Waals surface area contributed by atoms with E-state index in [1.54, 1.807) is 0 Å². The van der Waals surface area contributed by atoms with Gasteiger partial charge in [-0.15, -0.1) is 12.4 Å². The van der Waals surface area contributed by atoms with Crippen LogP contribution < -0.4 is 10.1 Å². The van der Waals surface area contributed by atoms with Crippen LogP contribution in [0, 0.1) is 5.92 Å². The van der Waals surface area contributed by atoms with Gasteiger partial charge < -0.3 is 10.1 Å². The topological polar surface area (TPSA) is 24.5 Å². The van der Waals surface area contributed by atoms with E-state index in [2.05, 4.69) is 26.1 Å². The number of benzene rings is 1. The largest absolute Gasteiger partial charge is 0.492 e. The van der Waals surface area contributed by atoms with E-state index in [0.29, 0.717) is 0 Å². The molecule has 0 aromatic heterocycles. The molecule has 3 nitrogen and oxygen atoms in total. The molecule has 0 bridgehead atoms. The highest BCUT2D eigenvalue weighted by atomic mass is 79.9. The lowest BCUT2D eigenvalue weighted by Gasteiger charge is -2.34. The van der Waals surface area contributed by atoms with Crippen molar-refractivity contribution >= 4 is 28.3 Å². The van der Waals surface area contributed by atoms with Crippen molar-refractivity contribution in [3.63, 3.8) is 0 Å². The molecule has 1 aromatic rings. The highest BCUT2D eigenvalue weighted by Gasteiger charge is 2.32. The van der Waals surface area contributed by atoms with E-state index >= 15 is 0 Å². The Kier molecular flexibility index (Phi) is 6.15. The van der Waals surface area contributed by atoms with Crippen LogP contribution in [0.3, 0.4) is 0 Å². The van der Waals surface area contributed by atoms with E-state index < -0.39 is 0 Å². The van der Waals surface area contributed by atoms with Gasteiger partial charge in [-0.2, -0.15) is 0 Å². The highest BCUT2D eigenvalue weighted by molar-refractivity contribution is 9.10. The van der Waals surface area contributed by atoms with Gasteiger partial charge in [0.2, 0.25) is 0 Å². The van der Waals surface area contributed by atoms with Crippen LogP contribution in [-0.4, -0.2) is 43.7 Å². The summed E-state index contributed by atoms with van der Waals surface area (Å²) in [7, 11) is 0. The number of halogens is 2. The molecule has 3 rings (SSSR count). The van der Waals surface area contributed by atoms with Crippen molar-refractivity contribution in [3.8, 4) is 5.75 Å². The zero-order chi connectivity index (χ0) is 13.1. The molecule has 2 saturated heterocycles. The number of hydrogen-bond acceptors (Lipinski definition) is 3. The Morgan fingerprint density at radius 1 is 1.35 bits per heavy atom. The summed E-state index contributed by atoms with van der Waals surface area (Å²) in [6.45, 7) is 5.46. The summed E-state index contributed by atoms with van der Waals surface area (Å²) in [6, 6.07) is 8.84. The van der Waals surface area contributed by atoms with Gasteiger partial charge in [0.25, 0.3) is 0 Å². The van der Waals surface area contributed by atoms with Gasteiger partial charge in [-0.05, 0) is 50.0 Å². The Morgan fingerprint density at radius 2 is 2.25 bits per heavy atom. The molecule has 112 valence electrons. The molecular formula is C15H22BrClN2O. The summed E-state index contributed by atoms with van der Waals surface area (Å²) < 4.78 is 6.89. The van der Waals surface area contributed by atoms with E-state index in [1.165, 1.54) is 32.5 Å². The molecule has 1 N–H and O–H groups in total. The lowest BCUT2D eigenvalue weighted by molar-refractivity contribution is 0.138. The molecule has 0 saturated carbocycles. The molecule has 2 unspecified atom stereocenters. The Morgan fingerprint density at radius 3 is 3.10 bits per heavy atom. The third-order valence-corrected chi connectivity index (χ3v) is 4.71. The van der Waals surface area contributed by atoms with Crippen LogP contribution in [0.4, 0.5) is 0 Å². The minimum absolute atomic E-state index is 0. The van der Waals surface area contributed by atoms with E-state index in [-0.39, 0.29) is 12.4 Å². The van der Waals surface area contributed by atoms with Gasteiger partial charge in [-0.3, -0.25) is 4.90 Å². The first-order chi connectivity index (χ1) is 9.31. The number of likely N-dealkylation sites (tertiary alicyclic amines) is 1. The molecule has 5 heteroatoms. The van der Waals surface area contributed by atoms with Crippen molar-refractivity contribution in [2.24, 2.45) is 5.92 Å². The zero-order valence-electron chi connectivity index (χ0n) is 11.6. The van der Waals surface area contributed by atoms with E-state index in [4.69, 9.17) is 4.74 Å². The van der Waals surface area contributed by atoms with Gasteiger partial charge in [0, 0.05) is 23.6 Å². The lowest BCUT2D eigenvalue weighted by Crippen LogP contribution is -2.45. The van der Waals surface area contributed by atoms with Crippen molar-refractivity contribution in [3.05, 3.63) is 28.7 Å². The van der Waals surface area contributed by atoms with Gasteiger partial charge in [-0.1, -0.05) is 22.0 Å². The predicted octanol–water partition coefficient (Wildman–Crippen LogP) is 2.93. The quantitative estimate of drug-likeness (QED) is 0.892. The normalized spacial score (nSPS) is 25.9. The maximum absolute atomic E-state index is 5.81. The van der Waals surface area contributed by atoms with Crippen LogP contribution in [0.15, 0.2) is 28.7 Å². The Bertz CT molecular complexity index is 432. The molecule has 2 heterocycles. The fourth-order valence-electron chi connectivity index (χ4n) is 3.18. The molecule has 2 aliphatic heterocycles. The molecule has 0 amide bonds. The van der Waals surface area contributed by atoms with E-state index in [9.17, 15) is 0 Å². The van der Waals surface area contributed by atoms with Crippen LogP contribution in [0.5, 0.6) is 5.75 Å². The van der Waals surface area contributed by atoms with Gasteiger partial charge in [-0.25, -0.2) is 0 Å². The third kappa shape index (κ3) is 4.10. The molecule has 20 heavy (non-hydrogen) atoms. The molecule has 2 atom stereocenters. The number of nitrogens with zero attached hydrogens (tertiary/aromatic N) is 1. The fraction of sp³-hybridized carbons (Fsp3) is 0.600. The number of nitrogens with one attached hydrogen (secondary N) is 1. The monoisotopic (exact) mass is 360 g/mol. The number of hydrogen-bond donors (Lipinski definition) is 1. The number of ether oxygens (including phenoxy) is 1. The number of piperidine rings is 1. The summed E-state index contributed by atoms with van der Waals surface area (Å²) in [5, 5.41) is 3.60. The molecule has 1 aromatic carbocycles. The third-order valence-electron chi connectivity index (χ3n) is 4.21. The SMILES string of the molecule is Brc1cccc(OCCN2CCC3NCCC3C2)c1.Cl. The standard InChI is InChI=1S/C15H21BrN2O.ClH/c16-13-2-1-3-14(10-13)19-9-8-18-7-5-15-12(11-18)4-6-17-15;/h1-3,10,12,15,17H,4-9,11H2;1H. The molecule has 2 fully saturated rings. The minimum atomic E-state index is 0. The fourth-order valence-corrected chi connectivity index (χ4v) is 3.55. The van der Waals surface area contributed by atoms with E-state index in [0.717, 1.165) is 35.3 Å². The highest BCUT2D eigenvalue weighted by Crippen LogP contribution is 2.24. The van der Waals surface area contributed by atoms with Crippen LogP contribution >= 0.6 is 28.3 Å². The van der Waals surface area contributed by atoms with E-state index in [1.807, 2.05) is 24.3 Å². The second kappa shape index (κ2) is 7.64. The summed E-state index contributed by atoms with van der Waals surface area (Å²) in [6.07, 6.45) is 2.63. The van der Waals surface area contributed by atoms with Crippen LogP contribution in [0.25, 0.3) is 0 Å². The van der Waals surface area contributed by atoms with Crippen molar-refractivity contribution in [2.45, 2.75) is 18.9 Å². The van der Waals surface area contributed by atoms with Crippen molar-refractivity contribution in [2.75, 3.05) is 32.8 Å². The van der Waals surface area contributed by atoms with Crippen molar-refractivity contribution in [1.29, 1.82) is 0 Å². The van der Waals surface area contributed by atoms with Crippen LogP contribution in [0.1, 0.15) is 12.8 Å². The first-order valence-electron chi connectivity index (χ1n) is 7.15. The summed E-state index contributed by atoms with van der Waals surface area (Å²) in [5.41, 5.74) is 0. The Hall–Kier alpha value is -0.290. The van der Waals surface area contributed by atoms with Gasteiger partial charge >= 0.3 is 0 Å². The average molecular weight is 362 g/mol. The maximum Gasteiger partial charge on any atom is 0.120 e. The van der Waals surface area contributed by atoms with Gasteiger partial charge in [0.05, 0.1) is 0 Å². The second-order valence-corrected chi connectivity index (χ2v) is 6.42. The molecule has 0 aliphatic carbocycles.